The summed E-state index contributed by atoms with van der Waals surface area (Å²) in [5, 5.41) is 4.08. The van der Waals surface area contributed by atoms with Gasteiger partial charge >= 0.3 is 0 Å². The molecular formula is C13H19NOS. The average Bonchev–Trinajstić information content (AvgIpc) is 2.81. The molecule has 2 nitrogen and oxygen atoms in total. The van der Waals surface area contributed by atoms with Gasteiger partial charge in [-0.3, -0.25) is 0 Å². The van der Waals surface area contributed by atoms with Crippen LogP contribution in [0.1, 0.15) is 24.2 Å². The van der Waals surface area contributed by atoms with Crippen molar-refractivity contribution < 1.29 is 4.74 Å². The van der Waals surface area contributed by atoms with Crippen molar-refractivity contribution in [2.45, 2.75) is 24.6 Å². The standard InChI is InChI=1S/C13H19NOS/c1-10(16-2)11-4-3-5-12(8-11)14-13-6-7-15-9-13/h3-5,8,10,13-14H,6-7,9H2,1-2H3/t10-,13-/m1/s1. The largest absolute Gasteiger partial charge is 0.380 e. The minimum absolute atomic E-state index is 0.486. The molecule has 3 heteroatoms. The van der Waals surface area contributed by atoms with E-state index in [1.165, 1.54) is 11.3 Å². The molecule has 0 aromatic heterocycles. The predicted octanol–water partition coefficient (Wildman–Crippen LogP) is 3.31. The number of rotatable bonds is 4. The lowest BCUT2D eigenvalue weighted by atomic mass is 10.1. The second kappa shape index (κ2) is 5.60. The van der Waals surface area contributed by atoms with Gasteiger partial charge in [-0.2, -0.15) is 11.8 Å². The lowest BCUT2D eigenvalue weighted by Gasteiger charge is -2.15. The summed E-state index contributed by atoms with van der Waals surface area (Å²) >= 11 is 1.88. The number of thioether (sulfide) groups is 1. The quantitative estimate of drug-likeness (QED) is 0.868. The molecule has 0 unspecified atom stereocenters. The molecule has 1 fully saturated rings. The molecule has 0 amide bonds. The van der Waals surface area contributed by atoms with Crippen molar-refractivity contribution in [1.29, 1.82) is 0 Å². The Bertz CT molecular complexity index is 336. The molecule has 16 heavy (non-hydrogen) atoms. The third kappa shape index (κ3) is 2.92. The molecule has 1 aliphatic rings. The number of ether oxygens (including phenoxy) is 1. The van der Waals surface area contributed by atoms with Crippen LogP contribution in [-0.2, 0) is 4.74 Å². The lowest BCUT2D eigenvalue weighted by molar-refractivity contribution is 0.195. The number of nitrogens with one attached hydrogen (secondary N) is 1. The molecule has 2 rings (SSSR count). The van der Waals surface area contributed by atoms with E-state index in [4.69, 9.17) is 4.74 Å². The SMILES string of the molecule is CS[C@H](C)c1cccc(N[C@@H]2CCOC2)c1. The van der Waals surface area contributed by atoms with Crippen molar-refractivity contribution in [1.82, 2.24) is 0 Å². The summed E-state index contributed by atoms with van der Waals surface area (Å²) in [4.78, 5) is 0. The fraction of sp³-hybridized carbons (Fsp3) is 0.538. The van der Waals surface area contributed by atoms with Crippen molar-refractivity contribution in [3.05, 3.63) is 29.8 Å². The van der Waals surface area contributed by atoms with Crippen LogP contribution in [0, 0.1) is 0 Å². The Morgan fingerprint density at radius 2 is 2.38 bits per heavy atom. The van der Waals surface area contributed by atoms with E-state index < -0.39 is 0 Å². The van der Waals surface area contributed by atoms with E-state index in [1.807, 2.05) is 11.8 Å². The molecule has 2 atom stereocenters. The van der Waals surface area contributed by atoms with Crippen LogP contribution in [0.3, 0.4) is 0 Å². The summed E-state index contributed by atoms with van der Waals surface area (Å²) in [6.45, 7) is 3.96. The van der Waals surface area contributed by atoms with Gasteiger partial charge in [0, 0.05) is 17.5 Å². The first-order chi connectivity index (χ1) is 7.79. The van der Waals surface area contributed by atoms with Gasteiger partial charge in [0.25, 0.3) is 0 Å². The fourth-order valence-electron chi connectivity index (χ4n) is 1.90. The minimum Gasteiger partial charge on any atom is -0.380 e. The molecule has 1 aliphatic heterocycles. The Morgan fingerprint density at radius 1 is 1.50 bits per heavy atom. The van der Waals surface area contributed by atoms with E-state index in [0.717, 1.165) is 19.6 Å². The highest BCUT2D eigenvalue weighted by Crippen LogP contribution is 2.27. The monoisotopic (exact) mass is 237 g/mol. The molecule has 0 saturated carbocycles. The Balaban J connectivity index is 2.03. The van der Waals surface area contributed by atoms with Gasteiger partial charge in [-0.15, -0.1) is 0 Å². The highest BCUT2D eigenvalue weighted by Gasteiger charge is 2.15. The Labute approximate surface area is 102 Å². The van der Waals surface area contributed by atoms with Crippen molar-refractivity contribution in [2.24, 2.45) is 0 Å². The second-order valence-electron chi connectivity index (χ2n) is 4.21. The maximum absolute atomic E-state index is 5.36. The number of hydrogen-bond acceptors (Lipinski definition) is 3. The van der Waals surface area contributed by atoms with Gasteiger partial charge in [0.2, 0.25) is 0 Å². The molecule has 0 spiro atoms. The normalized spacial score (nSPS) is 22.0. The van der Waals surface area contributed by atoms with Crippen molar-refractivity contribution in [3.8, 4) is 0 Å². The Kier molecular flexibility index (Phi) is 4.13. The molecule has 0 aliphatic carbocycles. The van der Waals surface area contributed by atoms with E-state index in [-0.39, 0.29) is 0 Å². The fourth-order valence-corrected chi connectivity index (χ4v) is 2.32. The number of benzene rings is 1. The minimum atomic E-state index is 0.486. The molecule has 1 saturated heterocycles. The van der Waals surface area contributed by atoms with Gasteiger partial charge in [-0.25, -0.2) is 0 Å². The second-order valence-corrected chi connectivity index (χ2v) is 5.39. The van der Waals surface area contributed by atoms with Gasteiger partial charge in [0.1, 0.15) is 0 Å². The number of anilines is 1. The van der Waals surface area contributed by atoms with E-state index in [9.17, 15) is 0 Å². The molecule has 1 aromatic rings. The van der Waals surface area contributed by atoms with Crippen LogP contribution in [0.5, 0.6) is 0 Å². The lowest BCUT2D eigenvalue weighted by Crippen LogP contribution is -2.18. The summed E-state index contributed by atoms with van der Waals surface area (Å²) in [6, 6.07) is 9.19. The van der Waals surface area contributed by atoms with Crippen molar-refractivity contribution in [3.63, 3.8) is 0 Å². The third-order valence-electron chi connectivity index (χ3n) is 3.01. The molecule has 0 bridgehead atoms. The molecule has 0 radical (unpaired) electrons. The summed E-state index contributed by atoms with van der Waals surface area (Å²) in [7, 11) is 0. The molecule has 1 N–H and O–H groups in total. The zero-order chi connectivity index (χ0) is 11.4. The van der Waals surface area contributed by atoms with Gasteiger partial charge in [-0.05, 0) is 37.3 Å². The Hall–Kier alpha value is -0.670. The predicted molar refractivity (Wildman–Crippen MR) is 71.2 cm³/mol. The first-order valence-corrected chi connectivity index (χ1v) is 7.05. The van der Waals surface area contributed by atoms with Gasteiger partial charge in [-0.1, -0.05) is 12.1 Å². The topological polar surface area (TPSA) is 21.3 Å². The smallest absolute Gasteiger partial charge is 0.0668 e. The maximum Gasteiger partial charge on any atom is 0.0668 e. The summed E-state index contributed by atoms with van der Waals surface area (Å²) < 4.78 is 5.36. The van der Waals surface area contributed by atoms with Crippen LogP contribution in [0.2, 0.25) is 0 Å². The van der Waals surface area contributed by atoms with E-state index >= 15 is 0 Å². The summed E-state index contributed by atoms with van der Waals surface area (Å²) in [6.07, 6.45) is 3.26. The first kappa shape index (κ1) is 11.8. The van der Waals surface area contributed by atoms with Gasteiger partial charge in [0.15, 0.2) is 0 Å². The molecule has 88 valence electrons. The molecule has 1 heterocycles. The van der Waals surface area contributed by atoms with Crippen LogP contribution in [0.15, 0.2) is 24.3 Å². The first-order valence-electron chi connectivity index (χ1n) is 5.76. The van der Waals surface area contributed by atoms with Crippen LogP contribution >= 0.6 is 11.8 Å². The van der Waals surface area contributed by atoms with E-state index in [1.54, 1.807) is 0 Å². The van der Waals surface area contributed by atoms with Gasteiger partial charge in [0.05, 0.1) is 12.6 Å². The Morgan fingerprint density at radius 3 is 3.06 bits per heavy atom. The highest BCUT2D eigenvalue weighted by molar-refractivity contribution is 7.98. The van der Waals surface area contributed by atoms with Crippen LogP contribution in [-0.4, -0.2) is 25.5 Å². The van der Waals surface area contributed by atoms with Gasteiger partial charge < -0.3 is 10.1 Å². The van der Waals surface area contributed by atoms with Crippen LogP contribution in [0.25, 0.3) is 0 Å². The zero-order valence-electron chi connectivity index (χ0n) is 9.90. The van der Waals surface area contributed by atoms with E-state index in [2.05, 4.69) is 42.8 Å². The average molecular weight is 237 g/mol. The maximum atomic E-state index is 5.36. The molecular weight excluding hydrogens is 218 g/mol. The summed E-state index contributed by atoms with van der Waals surface area (Å²) in [5.74, 6) is 0. The summed E-state index contributed by atoms with van der Waals surface area (Å²) in [5.41, 5.74) is 2.60. The molecule has 1 aromatic carbocycles. The zero-order valence-corrected chi connectivity index (χ0v) is 10.7. The van der Waals surface area contributed by atoms with Crippen LogP contribution < -0.4 is 5.32 Å². The van der Waals surface area contributed by atoms with Crippen molar-refractivity contribution in [2.75, 3.05) is 24.8 Å². The van der Waals surface area contributed by atoms with Crippen LogP contribution in [0.4, 0.5) is 5.69 Å². The highest BCUT2D eigenvalue weighted by atomic mass is 32.2. The number of hydrogen-bond donors (Lipinski definition) is 1. The third-order valence-corrected chi connectivity index (χ3v) is 3.99. The van der Waals surface area contributed by atoms with Crippen molar-refractivity contribution >= 4 is 17.4 Å². The van der Waals surface area contributed by atoms with E-state index in [0.29, 0.717) is 11.3 Å².